The third kappa shape index (κ3) is 2.88. The maximum Gasteiger partial charge on any atom is 0.325 e. The second-order valence-electron chi connectivity index (χ2n) is 5.23. The quantitative estimate of drug-likeness (QED) is 0.848. The van der Waals surface area contributed by atoms with Crippen molar-refractivity contribution >= 4 is 5.97 Å². The highest BCUT2D eigenvalue weighted by Gasteiger charge is 2.40. The number of carbonyl (C=O) groups is 1. The van der Waals surface area contributed by atoms with E-state index in [9.17, 15) is 4.79 Å². The third-order valence-electron chi connectivity index (χ3n) is 3.67. The van der Waals surface area contributed by atoms with E-state index in [1.165, 1.54) is 0 Å². The van der Waals surface area contributed by atoms with Gasteiger partial charge >= 0.3 is 5.97 Å². The molecule has 3 N–H and O–H groups in total. The Bertz CT molecular complexity index is 490. The van der Waals surface area contributed by atoms with Gasteiger partial charge in [-0.05, 0) is 30.5 Å². The minimum atomic E-state index is -1.10. The van der Waals surface area contributed by atoms with Crippen molar-refractivity contribution in [3.63, 3.8) is 0 Å². The SMILES string of the molecule is COc1ccc(CN2CCC(N)(C(=O)O)C2)cc1C. The standard InChI is InChI=1S/C14H20N2O3/c1-10-7-11(3-4-12(10)19-2)8-16-6-5-14(15,9-16)13(17)18/h3-4,7H,5-6,8-9,15H2,1-2H3,(H,17,18). The number of carboxylic acid groups (broad SMARTS) is 1. The van der Waals surface area contributed by atoms with Gasteiger partial charge in [-0.3, -0.25) is 9.69 Å². The first-order valence-electron chi connectivity index (χ1n) is 6.33. The molecule has 1 aromatic carbocycles. The second-order valence-corrected chi connectivity index (χ2v) is 5.23. The van der Waals surface area contributed by atoms with E-state index in [1.54, 1.807) is 7.11 Å². The maximum atomic E-state index is 11.1. The summed E-state index contributed by atoms with van der Waals surface area (Å²) in [4.78, 5) is 13.2. The fraction of sp³-hybridized carbons (Fsp3) is 0.500. The van der Waals surface area contributed by atoms with Gasteiger partial charge in [-0.1, -0.05) is 12.1 Å². The summed E-state index contributed by atoms with van der Waals surface area (Å²) in [6.07, 6.45) is 0.497. The van der Waals surface area contributed by atoms with Gasteiger partial charge in [0.25, 0.3) is 0 Å². The molecule has 5 nitrogen and oxygen atoms in total. The smallest absolute Gasteiger partial charge is 0.325 e. The summed E-state index contributed by atoms with van der Waals surface area (Å²) >= 11 is 0. The number of benzene rings is 1. The molecule has 1 heterocycles. The predicted molar refractivity (Wildman–Crippen MR) is 72.2 cm³/mol. The Labute approximate surface area is 113 Å². The molecule has 5 heteroatoms. The summed E-state index contributed by atoms with van der Waals surface area (Å²) in [5.74, 6) is -0.0511. The number of nitrogens with zero attached hydrogens (tertiary/aromatic N) is 1. The summed E-state index contributed by atoms with van der Waals surface area (Å²) in [5, 5.41) is 9.10. The Kier molecular flexibility index (Phi) is 3.78. The van der Waals surface area contributed by atoms with Gasteiger partial charge in [-0.15, -0.1) is 0 Å². The van der Waals surface area contributed by atoms with Gasteiger partial charge in [0.15, 0.2) is 0 Å². The predicted octanol–water partition coefficient (Wildman–Crippen LogP) is 0.991. The molecule has 0 aromatic heterocycles. The number of rotatable bonds is 4. The number of likely N-dealkylation sites (tertiary alicyclic amines) is 1. The number of carboxylic acids is 1. The molecule has 0 amide bonds. The normalized spacial score (nSPS) is 23.5. The lowest BCUT2D eigenvalue weighted by molar-refractivity contribution is -0.142. The van der Waals surface area contributed by atoms with E-state index in [1.807, 2.05) is 19.1 Å². The summed E-state index contributed by atoms with van der Waals surface area (Å²) in [6, 6.07) is 6.01. The van der Waals surface area contributed by atoms with Crippen molar-refractivity contribution < 1.29 is 14.6 Å². The fourth-order valence-electron chi connectivity index (χ4n) is 2.52. The molecule has 0 spiro atoms. The highest BCUT2D eigenvalue weighted by Crippen LogP contribution is 2.23. The molecule has 1 fully saturated rings. The van der Waals surface area contributed by atoms with Crippen LogP contribution in [0, 0.1) is 6.92 Å². The zero-order valence-electron chi connectivity index (χ0n) is 11.3. The highest BCUT2D eigenvalue weighted by atomic mass is 16.5. The zero-order valence-corrected chi connectivity index (χ0v) is 11.3. The topological polar surface area (TPSA) is 75.8 Å². The Hall–Kier alpha value is -1.59. The van der Waals surface area contributed by atoms with Crippen molar-refractivity contribution in [1.29, 1.82) is 0 Å². The van der Waals surface area contributed by atoms with Crippen LogP contribution in [0.5, 0.6) is 5.75 Å². The van der Waals surface area contributed by atoms with E-state index in [4.69, 9.17) is 15.6 Å². The first-order chi connectivity index (χ1) is 8.94. The molecular weight excluding hydrogens is 244 g/mol. The Morgan fingerprint density at radius 1 is 1.58 bits per heavy atom. The van der Waals surface area contributed by atoms with Crippen LogP contribution in [0.15, 0.2) is 18.2 Å². The zero-order chi connectivity index (χ0) is 14.0. The van der Waals surface area contributed by atoms with Crippen LogP contribution in [0.25, 0.3) is 0 Å². The number of hydrogen-bond donors (Lipinski definition) is 2. The van der Waals surface area contributed by atoms with Gasteiger partial charge in [-0.25, -0.2) is 0 Å². The lowest BCUT2D eigenvalue weighted by atomic mass is 10.0. The van der Waals surface area contributed by atoms with Crippen molar-refractivity contribution in [1.82, 2.24) is 4.90 Å². The molecule has 2 rings (SSSR count). The molecule has 19 heavy (non-hydrogen) atoms. The van der Waals surface area contributed by atoms with Crippen molar-refractivity contribution in [2.75, 3.05) is 20.2 Å². The molecular formula is C14H20N2O3. The molecule has 1 aliphatic rings. The lowest BCUT2D eigenvalue weighted by Crippen LogP contribution is -2.50. The van der Waals surface area contributed by atoms with E-state index < -0.39 is 11.5 Å². The minimum Gasteiger partial charge on any atom is -0.496 e. The molecule has 0 bridgehead atoms. The summed E-state index contributed by atoms with van der Waals surface area (Å²) in [7, 11) is 1.65. The van der Waals surface area contributed by atoms with Crippen molar-refractivity contribution in [2.45, 2.75) is 25.4 Å². The first-order valence-corrected chi connectivity index (χ1v) is 6.33. The van der Waals surface area contributed by atoms with E-state index in [0.29, 0.717) is 19.5 Å². The largest absolute Gasteiger partial charge is 0.496 e. The Balaban J connectivity index is 2.03. The maximum absolute atomic E-state index is 11.1. The monoisotopic (exact) mass is 264 g/mol. The molecule has 1 unspecified atom stereocenters. The number of nitrogens with two attached hydrogens (primary N) is 1. The molecule has 1 saturated heterocycles. The molecule has 1 atom stereocenters. The number of hydrogen-bond acceptors (Lipinski definition) is 4. The van der Waals surface area contributed by atoms with E-state index in [-0.39, 0.29) is 0 Å². The van der Waals surface area contributed by atoms with Crippen molar-refractivity contribution in [3.8, 4) is 5.75 Å². The van der Waals surface area contributed by atoms with Crippen LogP contribution in [0.2, 0.25) is 0 Å². The van der Waals surface area contributed by atoms with E-state index >= 15 is 0 Å². The van der Waals surface area contributed by atoms with Crippen LogP contribution >= 0.6 is 0 Å². The van der Waals surface area contributed by atoms with Gasteiger partial charge in [0.1, 0.15) is 11.3 Å². The van der Waals surface area contributed by atoms with Gasteiger partial charge in [0.05, 0.1) is 7.11 Å². The first kappa shape index (κ1) is 13.8. The molecule has 0 radical (unpaired) electrons. The molecule has 1 aliphatic heterocycles. The van der Waals surface area contributed by atoms with Crippen LogP contribution < -0.4 is 10.5 Å². The average molecular weight is 264 g/mol. The van der Waals surface area contributed by atoms with Crippen LogP contribution in [0.4, 0.5) is 0 Å². The van der Waals surface area contributed by atoms with Crippen LogP contribution in [0.1, 0.15) is 17.5 Å². The van der Waals surface area contributed by atoms with Crippen LogP contribution in [-0.4, -0.2) is 41.7 Å². The lowest BCUT2D eigenvalue weighted by Gasteiger charge is -2.20. The molecule has 0 aliphatic carbocycles. The van der Waals surface area contributed by atoms with Gasteiger partial charge in [-0.2, -0.15) is 0 Å². The minimum absolute atomic E-state index is 0.396. The van der Waals surface area contributed by atoms with Gasteiger partial charge in [0, 0.05) is 19.6 Å². The van der Waals surface area contributed by atoms with Crippen molar-refractivity contribution in [3.05, 3.63) is 29.3 Å². The van der Waals surface area contributed by atoms with E-state index in [0.717, 1.165) is 23.4 Å². The number of aryl methyl sites for hydroxylation is 1. The molecule has 104 valence electrons. The molecule has 0 saturated carbocycles. The fourth-order valence-corrected chi connectivity index (χ4v) is 2.52. The van der Waals surface area contributed by atoms with Crippen LogP contribution in [0.3, 0.4) is 0 Å². The summed E-state index contributed by atoms with van der Waals surface area (Å²) < 4.78 is 5.22. The van der Waals surface area contributed by atoms with Gasteiger partial charge < -0.3 is 15.6 Å². The third-order valence-corrected chi connectivity index (χ3v) is 3.67. The highest BCUT2D eigenvalue weighted by molar-refractivity contribution is 5.79. The summed E-state index contributed by atoms with van der Waals surface area (Å²) in [5.41, 5.74) is 6.99. The van der Waals surface area contributed by atoms with E-state index in [2.05, 4.69) is 11.0 Å². The Morgan fingerprint density at radius 2 is 2.32 bits per heavy atom. The Morgan fingerprint density at radius 3 is 2.84 bits per heavy atom. The van der Waals surface area contributed by atoms with Gasteiger partial charge in [0.2, 0.25) is 0 Å². The molecule has 1 aromatic rings. The average Bonchev–Trinajstić information content (AvgIpc) is 2.73. The van der Waals surface area contributed by atoms with Crippen molar-refractivity contribution in [2.24, 2.45) is 5.73 Å². The summed E-state index contributed by atoms with van der Waals surface area (Å²) in [6.45, 7) is 3.83. The number of methoxy groups -OCH3 is 1. The number of ether oxygens (including phenoxy) is 1. The second kappa shape index (κ2) is 5.19. The number of aliphatic carboxylic acids is 1. The van der Waals surface area contributed by atoms with Crippen LogP contribution in [-0.2, 0) is 11.3 Å².